The third-order valence-electron chi connectivity index (χ3n) is 7.72. The maximum atomic E-state index is 13.5. The predicted octanol–water partition coefficient (Wildman–Crippen LogP) is 5.64. The number of anilines is 2. The van der Waals surface area contributed by atoms with Crippen LogP contribution in [0.25, 0.3) is 0 Å². The van der Waals surface area contributed by atoms with Crippen LogP contribution in [0.2, 0.25) is 5.02 Å². The van der Waals surface area contributed by atoms with Crippen molar-refractivity contribution in [3.63, 3.8) is 0 Å². The van der Waals surface area contributed by atoms with Crippen LogP contribution in [0.4, 0.5) is 16.2 Å². The van der Waals surface area contributed by atoms with Crippen molar-refractivity contribution in [1.82, 2.24) is 15.5 Å². The zero-order valence-electron chi connectivity index (χ0n) is 23.3. The molecule has 3 aromatic carbocycles. The van der Waals surface area contributed by atoms with Gasteiger partial charge in [-0.3, -0.25) is 9.59 Å². The number of carbonyl (C=O) groups excluding carboxylic acids is 3. The van der Waals surface area contributed by atoms with Gasteiger partial charge in [0.2, 0.25) is 0 Å². The van der Waals surface area contributed by atoms with E-state index in [1.54, 1.807) is 36.4 Å². The molecule has 2 aliphatic rings. The van der Waals surface area contributed by atoms with Crippen molar-refractivity contribution >= 4 is 40.8 Å². The Balaban J connectivity index is 1.40. The molecule has 3 aromatic rings. The van der Waals surface area contributed by atoms with Crippen molar-refractivity contribution in [3.8, 4) is 0 Å². The van der Waals surface area contributed by atoms with E-state index in [1.807, 2.05) is 30.0 Å². The molecule has 1 atom stereocenters. The number of fused-ring (bicyclic) bond motifs is 1. The maximum absolute atomic E-state index is 13.5. The van der Waals surface area contributed by atoms with Crippen LogP contribution in [0, 0.1) is 0 Å². The topological polar surface area (TPSA) is 93.8 Å². The van der Waals surface area contributed by atoms with E-state index in [4.69, 9.17) is 11.6 Å². The Bertz CT molecular complexity index is 1430. The van der Waals surface area contributed by atoms with Gasteiger partial charge >= 0.3 is 6.03 Å². The average molecular weight is 574 g/mol. The highest BCUT2D eigenvalue weighted by molar-refractivity contribution is 6.31. The fourth-order valence-corrected chi connectivity index (χ4v) is 5.84. The summed E-state index contributed by atoms with van der Waals surface area (Å²) in [6, 6.07) is 20.3. The number of halogens is 1. The van der Waals surface area contributed by atoms with Crippen LogP contribution in [0.1, 0.15) is 64.1 Å². The molecule has 214 valence electrons. The van der Waals surface area contributed by atoms with E-state index in [0.29, 0.717) is 54.6 Å². The molecular formula is C32H36ClN5O3. The molecule has 0 saturated carbocycles. The van der Waals surface area contributed by atoms with E-state index in [9.17, 15) is 14.4 Å². The van der Waals surface area contributed by atoms with Gasteiger partial charge in [-0.15, -0.1) is 0 Å². The fraction of sp³-hybridized carbons (Fsp3) is 0.344. The van der Waals surface area contributed by atoms with Gasteiger partial charge in [0.05, 0.1) is 17.4 Å². The van der Waals surface area contributed by atoms with Crippen LogP contribution in [-0.2, 0) is 6.42 Å². The fourth-order valence-electron chi connectivity index (χ4n) is 5.65. The number of nitrogens with one attached hydrogen (secondary N) is 3. The molecule has 8 nitrogen and oxygen atoms in total. The molecule has 1 unspecified atom stereocenters. The number of carbonyl (C=O) groups is 3. The Labute approximate surface area is 246 Å². The van der Waals surface area contributed by atoms with Gasteiger partial charge in [0.1, 0.15) is 0 Å². The zero-order valence-corrected chi connectivity index (χ0v) is 24.0. The average Bonchev–Trinajstić information content (AvgIpc) is 3.24. The zero-order chi connectivity index (χ0) is 28.8. The standard InChI is InChI=1S/C32H36ClN5O3/c1-2-34-32(41)38-17-7-16-37(18-19-38)29-15-14-24(21-28(29)36-30(39)23-10-5-11-25(33)20-23)31(40)35-27-13-6-9-22-8-3-4-12-26(22)27/h3-5,8,10-12,14-15,20-21,27H,2,6-7,9,13,16-19H2,1H3,(H,34,41)(H,35,40)(H,36,39). The molecule has 9 heteroatoms. The number of urea groups is 1. The number of nitrogens with zero attached hydrogens (tertiary/aromatic N) is 2. The Morgan fingerprint density at radius 2 is 1.71 bits per heavy atom. The molecule has 1 heterocycles. The Hall–Kier alpha value is -4.04. The van der Waals surface area contributed by atoms with Crippen molar-refractivity contribution in [3.05, 3.63) is 94.0 Å². The summed E-state index contributed by atoms with van der Waals surface area (Å²) in [6.07, 6.45) is 3.70. The van der Waals surface area contributed by atoms with Gasteiger partial charge in [0.25, 0.3) is 11.8 Å². The van der Waals surface area contributed by atoms with E-state index < -0.39 is 0 Å². The third-order valence-corrected chi connectivity index (χ3v) is 7.96. The summed E-state index contributed by atoms with van der Waals surface area (Å²) >= 11 is 6.14. The highest BCUT2D eigenvalue weighted by Crippen LogP contribution is 2.32. The first kappa shape index (κ1) is 28.5. The lowest BCUT2D eigenvalue weighted by Gasteiger charge is -2.28. The van der Waals surface area contributed by atoms with E-state index in [0.717, 1.165) is 31.4 Å². The quantitative estimate of drug-likeness (QED) is 0.356. The normalized spacial score (nSPS) is 16.8. The molecule has 1 aliphatic carbocycles. The van der Waals surface area contributed by atoms with Crippen LogP contribution >= 0.6 is 11.6 Å². The number of hydrogen-bond donors (Lipinski definition) is 3. The molecule has 3 N–H and O–H groups in total. The van der Waals surface area contributed by atoms with Gasteiger partial charge in [0.15, 0.2) is 0 Å². The lowest BCUT2D eigenvalue weighted by atomic mass is 9.87. The molecule has 1 fully saturated rings. The largest absolute Gasteiger partial charge is 0.368 e. The van der Waals surface area contributed by atoms with E-state index in [2.05, 4.69) is 33.0 Å². The van der Waals surface area contributed by atoms with Crippen LogP contribution in [0.3, 0.4) is 0 Å². The summed E-state index contributed by atoms with van der Waals surface area (Å²) < 4.78 is 0. The number of hydrogen-bond acceptors (Lipinski definition) is 4. The highest BCUT2D eigenvalue weighted by atomic mass is 35.5. The van der Waals surface area contributed by atoms with Gasteiger partial charge in [-0.25, -0.2) is 4.79 Å². The van der Waals surface area contributed by atoms with Gasteiger partial charge in [-0.05, 0) is 80.1 Å². The first-order chi connectivity index (χ1) is 19.9. The summed E-state index contributed by atoms with van der Waals surface area (Å²) in [6.45, 7) is 4.99. The summed E-state index contributed by atoms with van der Waals surface area (Å²) in [7, 11) is 0. The molecule has 41 heavy (non-hydrogen) atoms. The van der Waals surface area contributed by atoms with Crippen LogP contribution in [0.5, 0.6) is 0 Å². The monoisotopic (exact) mass is 573 g/mol. The molecule has 0 bridgehead atoms. The Morgan fingerprint density at radius 1 is 0.878 bits per heavy atom. The lowest BCUT2D eigenvalue weighted by Crippen LogP contribution is -2.42. The number of aryl methyl sites for hydroxylation is 1. The van der Waals surface area contributed by atoms with Crippen molar-refractivity contribution in [2.24, 2.45) is 0 Å². The number of benzene rings is 3. The molecule has 4 amide bonds. The molecule has 0 aromatic heterocycles. The minimum atomic E-state index is -0.314. The van der Waals surface area contributed by atoms with Gasteiger partial charge in [0, 0.05) is 48.9 Å². The van der Waals surface area contributed by atoms with Gasteiger partial charge < -0.3 is 25.8 Å². The smallest absolute Gasteiger partial charge is 0.317 e. The second-order valence-corrected chi connectivity index (χ2v) is 10.9. The van der Waals surface area contributed by atoms with E-state index >= 15 is 0 Å². The van der Waals surface area contributed by atoms with E-state index in [-0.39, 0.29) is 23.9 Å². The second kappa shape index (κ2) is 13.1. The lowest BCUT2D eigenvalue weighted by molar-refractivity contribution is 0.0931. The SMILES string of the molecule is CCNC(=O)N1CCCN(c2ccc(C(=O)NC3CCCc4ccccc43)cc2NC(=O)c2cccc(Cl)c2)CC1. The number of amides is 4. The molecule has 1 saturated heterocycles. The molecular weight excluding hydrogens is 538 g/mol. The maximum Gasteiger partial charge on any atom is 0.317 e. The summed E-state index contributed by atoms with van der Waals surface area (Å²) in [5.74, 6) is -0.499. The first-order valence-corrected chi connectivity index (χ1v) is 14.7. The summed E-state index contributed by atoms with van der Waals surface area (Å²) in [5, 5.41) is 9.59. The molecule has 0 radical (unpaired) electrons. The van der Waals surface area contributed by atoms with Crippen molar-refractivity contribution in [1.29, 1.82) is 0 Å². The van der Waals surface area contributed by atoms with Crippen LogP contribution in [-0.4, -0.2) is 55.5 Å². The third kappa shape index (κ3) is 6.82. The van der Waals surface area contributed by atoms with Crippen molar-refractivity contribution in [2.45, 2.75) is 38.6 Å². The summed E-state index contributed by atoms with van der Waals surface area (Å²) in [5.41, 5.74) is 4.68. The second-order valence-electron chi connectivity index (χ2n) is 10.5. The highest BCUT2D eigenvalue weighted by Gasteiger charge is 2.25. The number of rotatable bonds is 6. The molecule has 5 rings (SSSR count). The van der Waals surface area contributed by atoms with Gasteiger partial charge in [-0.2, -0.15) is 0 Å². The van der Waals surface area contributed by atoms with E-state index in [1.165, 1.54) is 11.1 Å². The Morgan fingerprint density at radius 3 is 2.54 bits per heavy atom. The Kier molecular flexibility index (Phi) is 9.09. The van der Waals surface area contributed by atoms with Crippen LogP contribution < -0.4 is 20.9 Å². The summed E-state index contributed by atoms with van der Waals surface area (Å²) in [4.78, 5) is 43.2. The van der Waals surface area contributed by atoms with Crippen molar-refractivity contribution < 1.29 is 14.4 Å². The molecule has 0 spiro atoms. The van der Waals surface area contributed by atoms with Gasteiger partial charge in [-0.1, -0.05) is 41.9 Å². The molecule has 1 aliphatic heterocycles. The minimum Gasteiger partial charge on any atom is -0.368 e. The predicted molar refractivity (Wildman–Crippen MR) is 163 cm³/mol. The van der Waals surface area contributed by atoms with Crippen molar-refractivity contribution in [2.75, 3.05) is 42.9 Å². The van der Waals surface area contributed by atoms with Crippen LogP contribution in [0.15, 0.2) is 66.7 Å². The first-order valence-electron chi connectivity index (χ1n) is 14.3. The minimum absolute atomic E-state index is 0.0533.